The summed E-state index contributed by atoms with van der Waals surface area (Å²) in [5.74, 6) is 1.68. The summed E-state index contributed by atoms with van der Waals surface area (Å²) in [7, 11) is 3.24. The van der Waals surface area contributed by atoms with E-state index in [1.54, 1.807) is 37.3 Å². The van der Waals surface area contributed by atoms with Gasteiger partial charge in [0, 0.05) is 76.9 Å². The molecule has 10 heteroatoms. The molecule has 0 unspecified atom stereocenters. The fourth-order valence-corrected chi connectivity index (χ4v) is 5.69. The van der Waals surface area contributed by atoms with Gasteiger partial charge in [-0.1, -0.05) is 0 Å². The highest BCUT2D eigenvalue weighted by atomic mass is 16.5. The summed E-state index contributed by atoms with van der Waals surface area (Å²) in [6, 6.07) is 5.61. The van der Waals surface area contributed by atoms with Crippen molar-refractivity contribution in [2.45, 2.75) is 58.0 Å². The number of methoxy groups -OCH3 is 2. The van der Waals surface area contributed by atoms with Crippen LogP contribution in [0, 0.1) is 11.8 Å². The normalized spacial score (nSPS) is 20.7. The van der Waals surface area contributed by atoms with Gasteiger partial charge in [0.15, 0.2) is 11.5 Å². The third kappa shape index (κ3) is 7.66. The Balaban J connectivity index is 1.42. The highest BCUT2D eigenvalue weighted by Crippen LogP contribution is 2.32. The van der Waals surface area contributed by atoms with E-state index in [0.717, 1.165) is 38.8 Å². The Labute approximate surface area is 238 Å². The number of carbonyl (C=O) groups excluding carboxylic acids is 3. The van der Waals surface area contributed by atoms with Crippen molar-refractivity contribution in [2.75, 3.05) is 66.7 Å². The van der Waals surface area contributed by atoms with Crippen LogP contribution in [0.4, 0.5) is 0 Å². The minimum absolute atomic E-state index is 0.00395. The molecular weight excluding hydrogens is 512 g/mol. The molecule has 0 radical (unpaired) electrons. The van der Waals surface area contributed by atoms with Gasteiger partial charge in [-0.2, -0.15) is 0 Å². The van der Waals surface area contributed by atoms with Gasteiger partial charge in [-0.3, -0.25) is 14.4 Å². The van der Waals surface area contributed by atoms with E-state index in [-0.39, 0.29) is 48.2 Å². The quantitative estimate of drug-likeness (QED) is 0.330. The van der Waals surface area contributed by atoms with E-state index in [9.17, 15) is 14.4 Å². The van der Waals surface area contributed by atoms with Crippen molar-refractivity contribution in [1.82, 2.24) is 20.0 Å². The van der Waals surface area contributed by atoms with E-state index in [1.807, 2.05) is 23.6 Å². The number of amides is 3. The predicted octanol–water partition coefficient (Wildman–Crippen LogP) is 2.41. The number of hydrogen-bond donors (Lipinski definition) is 1. The molecule has 3 fully saturated rings. The van der Waals surface area contributed by atoms with Crippen molar-refractivity contribution >= 4 is 17.7 Å². The van der Waals surface area contributed by atoms with E-state index in [2.05, 4.69) is 5.32 Å². The molecule has 2 atom stereocenters. The van der Waals surface area contributed by atoms with Gasteiger partial charge in [0.05, 0.1) is 20.3 Å². The van der Waals surface area contributed by atoms with Crippen LogP contribution >= 0.6 is 0 Å². The zero-order chi connectivity index (χ0) is 28.6. The molecule has 2 saturated heterocycles. The van der Waals surface area contributed by atoms with Crippen LogP contribution < -0.4 is 14.8 Å². The maximum absolute atomic E-state index is 13.8. The summed E-state index contributed by atoms with van der Waals surface area (Å²) in [6.07, 6.45) is 4.16. The van der Waals surface area contributed by atoms with Crippen LogP contribution in [-0.2, 0) is 14.3 Å². The second-order valence-electron chi connectivity index (χ2n) is 11.5. The number of carbonyl (C=O) groups is 3. The van der Waals surface area contributed by atoms with Crippen molar-refractivity contribution < 1.29 is 28.6 Å². The van der Waals surface area contributed by atoms with Crippen LogP contribution in [0.2, 0.25) is 0 Å². The molecule has 1 N–H and O–H groups in total. The third-order valence-electron chi connectivity index (χ3n) is 8.19. The number of rotatable bonds is 15. The van der Waals surface area contributed by atoms with Gasteiger partial charge in [0.1, 0.15) is 0 Å². The Morgan fingerprint density at radius 2 is 1.82 bits per heavy atom. The van der Waals surface area contributed by atoms with Gasteiger partial charge in [0.2, 0.25) is 11.8 Å². The summed E-state index contributed by atoms with van der Waals surface area (Å²) in [4.78, 5) is 44.8. The smallest absolute Gasteiger partial charge is 0.254 e. The molecule has 222 valence electrons. The minimum Gasteiger partial charge on any atom is -0.493 e. The van der Waals surface area contributed by atoms with Crippen LogP contribution in [0.15, 0.2) is 18.2 Å². The van der Waals surface area contributed by atoms with E-state index < -0.39 is 0 Å². The van der Waals surface area contributed by atoms with Crippen LogP contribution in [0.25, 0.3) is 0 Å². The maximum Gasteiger partial charge on any atom is 0.254 e. The Kier molecular flexibility index (Phi) is 10.7. The largest absolute Gasteiger partial charge is 0.493 e. The monoisotopic (exact) mass is 558 g/mol. The average molecular weight is 559 g/mol. The van der Waals surface area contributed by atoms with Crippen LogP contribution in [0.5, 0.6) is 11.5 Å². The molecule has 0 bridgehead atoms. The SMILES string of the molecule is COCCCOc1cc(C(=O)N(C[C@@H]2CNC[C@H]2CN(C(=O)CN2CCCC2=O)C2CC2)C(C)C)ccc1OC. The summed E-state index contributed by atoms with van der Waals surface area (Å²) >= 11 is 0. The molecule has 3 aliphatic rings. The lowest BCUT2D eigenvalue weighted by Gasteiger charge is -2.34. The molecule has 1 aromatic carbocycles. The molecule has 0 aromatic heterocycles. The van der Waals surface area contributed by atoms with Gasteiger partial charge in [0.25, 0.3) is 5.91 Å². The molecule has 4 rings (SSSR count). The molecule has 40 heavy (non-hydrogen) atoms. The highest BCUT2D eigenvalue weighted by Gasteiger charge is 2.39. The first kappa shape index (κ1) is 30.1. The molecule has 3 amide bonds. The van der Waals surface area contributed by atoms with Crippen molar-refractivity contribution in [3.8, 4) is 11.5 Å². The molecule has 2 heterocycles. The molecule has 1 aliphatic carbocycles. The Bertz CT molecular complexity index is 1030. The summed E-state index contributed by atoms with van der Waals surface area (Å²) in [5, 5.41) is 3.50. The van der Waals surface area contributed by atoms with Gasteiger partial charge in [-0.05, 0) is 63.1 Å². The Morgan fingerprint density at radius 3 is 2.45 bits per heavy atom. The predicted molar refractivity (Wildman–Crippen MR) is 152 cm³/mol. The van der Waals surface area contributed by atoms with Crippen LogP contribution in [0.1, 0.15) is 56.3 Å². The van der Waals surface area contributed by atoms with Crippen molar-refractivity contribution in [1.29, 1.82) is 0 Å². The van der Waals surface area contributed by atoms with Crippen LogP contribution in [0.3, 0.4) is 0 Å². The second-order valence-corrected chi connectivity index (χ2v) is 11.5. The first-order valence-electron chi connectivity index (χ1n) is 14.7. The summed E-state index contributed by atoms with van der Waals surface area (Å²) < 4.78 is 16.5. The minimum atomic E-state index is -0.0484. The molecular formula is C30H46N4O6. The number of likely N-dealkylation sites (tertiary alicyclic amines) is 1. The van der Waals surface area contributed by atoms with Gasteiger partial charge in [-0.25, -0.2) is 0 Å². The fraction of sp³-hybridized carbons (Fsp3) is 0.700. The van der Waals surface area contributed by atoms with E-state index in [4.69, 9.17) is 14.2 Å². The van der Waals surface area contributed by atoms with E-state index in [1.165, 1.54) is 0 Å². The number of nitrogens with zero attached hydrogens (tertiary/aromatic N) is 3. The van der Waals surface area contributed by atoms with Gasteiger partial charge < -0.3 is 34.2 Å². The average Bonchev–Trinajstić information content (AvgIpc) is 3.56. The first-order chi connectivity index (χ1) is 19.3. The number of benzene rings is 1. The topological polar surface area (TPSA) is 101 Å². The second kappa shape index (κ2) is 14.2. The summed E-state index contributed by atoms with van der Waals surface area (Å²) in [5.41, 5.74) is 0.559. The van der Waals surface area contributed by atoms with Gasteiger partial charge >= 0.3 is 0 Å². The van der Waals surface area contributed by atoms with E-state index in [0.29, 0.717) is 56.3 Å². The molecule has 1 saturated carbocycles. The Hall–Kier alpha value is -2.85. The number of ether oxygens (including phenoxy) is 3. The first-order valence-corrected chi connectivity index (χ1v) is 14.7. The number of nitrogens with one attached hydrogen (secondary N) is 1. The maximum atomic E-state index is 13.8. The highest BCUT2D eigenvalue weighted by molar-refractivity contribution is 5.95. The molecule has 2 aliphatic heterocycles. The standard InChI is InChI=1S/C30H46N4O6/c1-21(2)33(30(37)22-8-11-26(39-4)27(15-22)40-14-6-13-38-3)18-23-16-31-17-24(23)19-34(25-9-10-25)29(36)20-32-12-5-7-28(32)35/h8,11,15,21,23-25,31H,5-7,9-10,12-14,16-20H2,1-4H3/t23-,24-/m0/s1. The van der Waals surface area contributed by atoms with Crippen molar-refractivity contribution in [3.05, 3.63) is 23.8 Å². The molecule has 10 nitrogen and oxygen atoms in total. The third-order valence-corrected chi connectivity index (χ3v) is 8.19. The zero-order valence-corrected chi connectivity index (χ0v) is 24.5. The summed E-state index contributed by atoms with van der Waals surface area (Å²) in [6.45, 7) is 8.86. The van der Waals surface area contributed by atoms with Crippen molar-refractivity contribution in [3.63, 3.8) is 0 Å². The van der Waals surface area contributed by atoms with Crippen molar-refractivity contribution in [2.24, 2.45) is 11.8 Å². The fourth-order valence-electron chi connectivity index (χ4n) is 5.69. The number of hydrogen-bond acceptors (Lipinski definition) is 7. The van der Waals surface area contributed by atoms with Crippen LogP contribution in [-0.4, -0.2) is 111 Å². The molecule has 0 spiro atoms. The molecule has 1 aromatic rings. The lowest BCUT2D eigenvalue weighted by molar-refractivity contribution is -0.139. The lowest BCUT2D eigenvalue weighted by atomic mass is 9.93. The van der Waals surface area contributed by atoms with E-state index >= 15 is 0 Å². The Morgan fingerprint density at radius 1 is 1.07 bits per heavy atom. The van der Waals surface area contributed by atoms with Gasteiger partial charge in [-0.15, -0.1) is 0 Å². The lowest BCUT2D eigenvalue weighted by Crippen LogP contribution is -2.47. The zero-order valence-electron chi connectivity index (χ0n) is 24.5.